The Morgan fingerprint density at radius 1 is 1.17 bits per heavy atom. The Morgan fingerprint density at radius 3 is 2.50 bits per heavy atom. The van der Waals surface area contributed by atoms with Gasteiger partial charge in [-0.15, -0.1) is 0 Å². The van der Waals surface area contributed by atoms with E-state index in [1.807, 2.05) is 0 Å². The highest BCUT2D eigenvalue weighted by Gasteiger charge is 2.43. The molecule has 2 aliphatic rings. The highest BCUT2D eigenvalue weighted by atomic mass is 79.9. The topological polar surface area (TPSA) is 18.5 Å². The second kappa shape index (κ2) is 5.32. The second-order valence-corrected chi connectivity index (χ2v) is 5.95. The van der Waals surface area contributed by atoms with E-state index >= 15 is 0 Å². The molecular formula is C15H19BrO2. The van der Waals surface area contributed by atoms with Crippen molar-refractivity contribution in [1.29, 1.82) is 0 Å². The van der Waals surface area contributed by atoms with Crippen molar-refractivity contribution in [3.8, 4) is 0 Å². The maximum atomic E-state index is 6.05. The van der Waals surface area contributed by atoms with E-state index in [0.717, 1.165) is 24.8 Å². The molecule has 2 nitrogen and oxygen atoms in total. The molecule has 1 aromatic carbocycles. The minimum absolute atomic E-state index is 0.235. The van der Waals surface area contributed by atoms with Gasteiger partial charge < -0.3 is 9.47 Å². The van der Waals surface area contributed by atoms with Crippen LogP contribution in [0.25, 0.3) is 0 Å². The summed E-state index contributed by atoms with van der Waals surface area (Å²) >= 11 is 3.47. The average Bonchev–Trinajstić information content (AvgIpc) is 2.84. The van der Waals surface area contributed by atoms with Gasteiger partial charge in [0.15, 0.2) is 5.79 Å². The van der Waals surface area contributed by atoms with Crippen molar-refractivity contribution in [2.24, 2.45) is 0 Å². The van der Waals surface area contributed by atoms with E-state index in [2.05, 4.69) is 46.3 Å². The highest BCUT2D eigenvalue weighted by Crippen LogP contribution is 2.43. The molecule has 3 heteroatoms. The van der Waals surface area contributed by atoms with Crippen LogP contribution in [-0.4, -0.2) is 23.8 Å². The molecule has 1 saturated heterocycles. The van der Waals surface area contributed by atoms with E-state index < -0.39 is 0 Å². The van der Waals surface area contributed by atoms with Crippen LogP contribution < -0.4 is 0 Å². The predicted molar refractivity (Wildman–Crippen MR) is 75.0 cm³/mol. The van der Waals surface area contributed by atoms with E-state index in [9.17, 15) is 0 Å². The maximum Gasteiger partial charge on any atom is 0.168 e. The third kappa shape index (κ3) is 2.49. The van der Waals surface area contributed by atoms with E-state index in [1.54, 1.807) is 0 Å². The molecule has 1 aliphatic carbocycles. The van der Waals surface area contributed by atoms with Gasteiger partial charge >= 0.3 is 0 Å². The van der Waals surface area contributed by atoms with E-state index in [0.29, 0.717) is 5.92 Å². The van der Waals surface area contributed by atoms with Gasteiger partial charge in [0.25, 0.3) is 0 Å². The minimum Gasteiger partial charge on any atom is -0.347 e. The Kier molecular flexibility index (Phi) is 3.73. The molecule has 0 aromatic heterocycles. The molecule has 1 unspecified atom stereocenters. The van der Waals surface area contributed by atoms with Crippen LogP contribution >= 0.6 is 15.9 Å². The summed E-state index contributed by atoms with van der Waals surface area (Å²) in [6.45, 7) is 0.737. The van der Waals surface area contributed by atoms with Crippen LogP contribution in [0, 0.1) is 0 Å². The molecule has 0 bridgehead atoms. The zero-order chi connectivity index (χ0) is 12.4. The molecule has 1 aromatic rings. The van der Waals surface area contributed by atoms with Gasteiger partial charge in [0.2, 0.25) is 0 Å². The molecule has 3 rings (SSSR count). The molecule has 18 heavy (non-hydrogen) atoms. The average molecular weight is 311 g/mol. The predicted octanol–water partition coefficient (Wildman–Crippen LogP) is 3.85. The van der Waals surface area contributed by atoms with Gasteiger partial charge in [-0.1, -0.05) is 46.3 Å². The Bertz CT molecular complexity index is 385. The summed E-state index contributed by atoms with van der Waals surface area (Å²) in [4.78, 5) is 0. The fourth-order valence-electron chi connectivity index (χ4n) is 3.07. The van der Waals surface area contributed by atoms with Crippen LogP contribution in [0.15, 0.2) is 30.3 Å². The second-order valence-electron chi connectivity index (χ2n) is 5.30. The summed E-state index contributed by atoms with van der Waals surface area (Å²) in [6.07, 6.45) is 4.61. The third-order valence-electron chi connectivity index (χ3n) is 4.10. The first-order valence-electron chi connectivity index (χ1n) is 6.74. The van der Waals surface area contributed by atoms with Crippen LogP contribution in [0.5, 0.6) is 0 Å². The van der Waals surface area contributed by atoms with E-state index in [4.69, 9.17) is 9.47 Å². The molecular weight excluding hydrogens is 292 g/mol. The van der Waals surface area contributed by atoms with Gasteiger partial charge in [0.1, 0.15) is 0 Å². The first-order chi connectivity index (χ1) is 8.81. The first-order valence-corrected chi connectivity index (χ1v) is 7.86. The van der Waals surface area contributed by atoms with Gasteiger partial charge in [-0.2, -0.15) is 0 Å². The fourth-order valence-corrected chi connectivity index (χ4v) is 3.39. The van der Waals surface area contributed by atoms with Gasteiger partial charge in [-0.05, 0) is 24.3 Å². The maximum absolute atomic E-state index is 6.05. The number of rotatable bonds is 2. The quantitative estimate of drug-likeness (QED) is 0.772. The van der Waals surface area contributed by atoms with Crippen LogP contribution in [0.1, 0.15) is 37.2 Å². The van der Waals surface area contributed by atoms with Crippen LogP contribution in [-0.2, 0) is 9.47 Å². The molecule has 1 heterocycles. The van der Waals surface area contributed by atoms with Crippen LogP contribution in [0.2, 0.25) is 0 Å². The van der Waals surface area contributed by atoms with Gasteiger partial charge in [-0.3, -0.25) is 0 Å². The number of hydrogen-bond donors (Lipinski definition) is 0. The molecule has 1 spiro atoms. The number of hydrogen-bond acceptors (Lipinski definition) is 2. The van der Waals surface area contributed by atoms with Crippen LogP contribution in [0.3, 0.4) is 0 Å². The van der Waals surface area contributed by atoms with E-state index in [-0.39, 0.29) is 11.9 Å². The molecule has 0 N–H and O–H groups in total. The Morgan fingerprint density at radius 2 is 1.89 bits per heavy atom. The monoisotopic (exact) mass is 310 g/mol. The smallest absolute Gasteiger partial charge is 0.168 e. The summed E-state index contributed by atoms with van der Waals surface area (Å²) in [5.74, 6) is 0.399. The fraction of sp³-hybridized carbons (Fsp3) is 0.600. The van der Waals surface area contributed by atoms with Gasteiger partial charge in [0.05, 0.1) is 12.7 Å². The van der Waals surface area contributed by atoms with Crippen molar-refractivity contribution in [3.63, 3.8) is 0 Å². The Labute approximate surface area is 117 Å². The van der Waals surface area contributed by atoms with E-state index in [1.165, 1.54) is 18.4 Å². The van der Waals surface area contributed by atoms with Crippen molar-refractivity contribution in [3.05, 3.63) is 35.9 Å². The third-order valence-corrected chi connectivity index (χ3v) is 4.83. The molecule has 0 radical (unpaired) electrons. The van der Waals surface area contributed by atoms with Gasteiger partial charge in [0, 0.05) is 18.2 Å². The number of alkyl halides is 1. The largest absolute Gasteiger partial charge is 0.347 e. The Hall–Kier alpha value is -0.380. The molecule has 0 amide bonds. The number of halogens is 1. The molecule has 1 saturated carbocycles. The molecule has 1 atom stereocenters. The zero-order valence-corrected chi connectivity index (χ0v) is 12.1. The lowest BCUT2D eigenvalue weighted by molar-refractivity contribution is -0.186. The van der Waals surface area contributed by atoms with Crippen molar-refractivity contribution >= 4 is 15.9 Å². The lowest BCUT2D eigenvalue weighted by Crippen LogP contribution is -2.35. The standard InChI is InChI=1S/C15H19BrO2/c16-10-14-11-17-15(18-14)8-6-13(7-9-15)12-4-2-1-3-5-12/h1-5,13-14H,6-11H2. The lowest BCUT2D eigenvalue weighted by Gasteiger charge is -2.36. The normalized spacial score (nSPS) is 36.1. The minimum atomic E-state index is -0.274. The summed E-state index contributed by atoms with van der Waals surface area (Å²) < 4.78 is 12.0. The van der Waals surface area contributed by atoms with Crippen molar-refractivity contribution < 1.29 is 9.47 Å². The molecule has 1 aliphatic heterocycles. The van der Waals surface area contributed by atoms with Crippen LogP contribution in [0.4, 0.5) is 0 Å². The summed E-state index contributed by atoms with van der Waals surface area (Å²) in [6, 6.07) is 10.8. The number of benzene rings is 1. The summed E-state index contributed by atoms with van der Waals surface area (Å²) in [5, 5.41) is 0.872. The molecule has 2 fully saturated rings. The SMILES string of the molecule is BrCC1COC2(CCC(c3ccccc3)CC2)O1. The first kappa shape index (κ1) is 12.6. The summed E-state index contributed by atoms with van der Waals surface area (Å²) in [5.41, 5.74) is 1.46. The Balaban J connectivity index is 1.62. The van der Waals surface area contributed by atoms with Crippen molar-refractivity contribution in [2.75, 3.05) is 11.9 Å². The number of ether oxygens (including phenoxy) is 2. The zero-order valence-electron chi connectivity index (χ0n) is 10.5. The lowest BCUT2D eigenvalue weighted by atomic mass is 9.81. The van der Waals surface area contributed by atoms with Gasteiger partial charge in [-0.25, -0.2) is 0 Å². The van der Waals surface area contributed by atoms with Crippen molar-refractivity contribution in [1.82, 2.24) is 0 Å². The van der Waals surface area contributed by atoms with Crippen molar-refractivity contribution in [2.45, 2.75) is 43.5 Å². The molecule has 98 valence electrons. The highest BCUT2D eigenvalue weighted by molar-refractivity contribution is 9.09. The summed E-state index contributed by atoms with van der Waals surface area (Å²) in [7, 11) is 0.